The van der Waals surface area contributed by atoms with Gasteiger partial charge in [-0.3, -0.25) is 0 Å². The third-order valence-electron chi connectivity index (χ3n) is 1.72. The molecule has 2 N–H and O–H groups in total. The molecular weight excluding hydrogens is 294 g/mol. The second-order valence-electron chi connectivity index (χ2n) is 2.83. The summed E-state index contributed by atoms with van der Waals surface area (Å²) < 4.78 is 9.55. The number of ether oxygens (including phenoxy) is 1. The van der Waals surface area contributed by atoms with Gasteiger partial charge >= 0.3 is 5.97 Å². The fourth-order valence-electron chi connectivity index (χ4n) is 0.995. The molecule has 1 aromatic carbocycles. The molecule has 0 spiro atoms. The molecule has 0 bridgehead atoms. The lowest BCUT2D eigenvalue weighted by Gasteiger charge is -2.01. The van der Waals surface area contributed by atoms with Gasteiger partial charge in [0.25, 0.3) is 0 Å². The number of nitrogen functional groups attached to an aromatic ring is 1. The van der Waals surface area contributed by atoms with Gasteiger partial charge in [0.2, 0.25) is 0 Å². The monoisotopic (exact) mass is 299 g/mol. The van der Waals surface area contributed by atoms with Crippen LogP contribution in [0, 0.1) is 0 Å². The molecule has 0 fully saturated rings. The Morgan fingerprint density at radius 3 is 2.62 bits per heavy atom. The van der Waals surface area contributed by atoms with Crippen molar-refractivity contribution in [3.05, 3.63) is 33.6 Å². The number of anilines is 1. The van der Waals surface area contributed by atoms with Crippen LogP contribution in [0.3, 0.4) is 0 Å². The van der Waals surface area contributed by atoms with Crippen LogP contribution in [0.1, 0.15) is 9.67 Å². The maximum Gasteiger partial charge on any atom is 0.359 e. The Balaban J connectivity index is 2.14. The predicted octanol–water partition coefficient (Wildman–Crippen LogP) is 2.10. The minimum atomic E-state index is -0.546. The van der Waals surface area contributed by atoms with Gasteiger partial charge in [-0.1, -0.05) is 20.4 Å². The molecule has 0 saturated carbocycles. The maximum atomic E-state index is 11.6. The molecule has 7 heteroatoms. The van der Waals surface area contributed by atoms with E-state index in [4.69, 9.17) is 10.5 Å². The summed E-state index contributed by atoms with van der Waals surface area (Å²) in [5.41, 5.74) is 5.45. The first kappa shape index (κ1) is 11.0. The molecule has 0 unspecified atom stereocenters. The highest BCUT2D eigenvalue weighted by Crippen LogP contribution is 2.19. The molecule has 0 saturated heterocycles. The first-order valence-corrected chi connectivity index (χ1v) is 5.79. The Bertz CT molecular complexity index is 512. The van der Waals surface area contributed by atoms with Gasteiger partial charge < -0.3 is 10.5 Å². The molecule has 0 atom stereocenters. The van der Waals surface area contributed by atoms with E-state index in [2.05, 4.69) is 25.5 Å². The van der Waals surface area contributed by atoms with E-state index < -0.39 is 5.97 Å². The molecular formula is C9H6BrN3O2S. The summed E-state index contributed by atoms with van der Waals surface area (Å²) in [4.78, 5) is 11.8. The maximum absolute atomic E-state index is 11.6. The fraction of sp³-hybridized carbons (Fsp3) is 0. The molecule has 2 rings (SSSR count). The van der Waals surface area contributed by atoms with Gasteiger partial charge in [0, 0.05) is 4.47 Å². The fourth-order valence-corrected chi connectivity index (χ4v) is 1.72. The van der Waals surface area contributed by atoms with Crippen LogP contribution in [0.4, 0.5) is 5.82 Å². The largest absolute Gasteiger partial charge is 0.422 e. The lowest BCUT2D eigenvalue weighted by Crippen LogP contribution is -2.08. The summed E-state index contributed by atoms with van der Waals surface area (Å²) in [7, 11) is 0. The summed E-state index contributed by atoms with van der Waals surface area (Å²) in [5, 5.41) is 3.53. The molecule has 2 aromatic rings. The minimum Gasteiger partial charge on any atom is -0.422 e. The van der Waals surface area contributed by atoms with Crippen molar-refractivity contribution in [3.8, 4) is 5.75 Å². The first-order valence-electron chi connectivity index (χ1n) is 4.22. The van der Waals surface area contributed by atoms with E-state index in [1.165, 1.54) is 0 Å². The van der Waals surface area contributed by atoms with E-state index in [0.29, 0.717) is 5.75 Å². The third-order valence-corrected chi connectivity index (χ3v) is 2.97. The van der Waals surface area contributed by atoms with E-state index in [1.54, 1.807) is 24.3 Å². The van der Waals surface area contributed by atoms with Gasteiger partial charge in [0.1, 0.15) is 5.75 Å². The molecule has 0 aliphatic heterocycles. The number of carbonyl (C=O) groups is 1. The summed E-state index contributed by atoms with van der Waals surface area (Å²) in [6, 6.07) is 6.90. The quantitative estimate of drug-likeness (QED) is 0.679. The number of esters is 1. The molecule has 82 valence electrons. The van der Waals surface area contributed by atoms with Gasteiger partial charge in [0.15, 0.2) is 10.7 Å². The Morgan fingerprint density at radius 2 is 2.06 bits per heavy atom. The number of rotatable bonds is 2. The number of halogens is 1. The van der Waals surface area contributed by atoms with E-state index in [0.717, 1.165) is 16.0 Å². The molecule has 0 radical (unpaired) electrons. The average molecular weight is 300 g/mol. The van der Waals surface area contributed by atoms with E-state index >= 15 is 0 Å². The van der Waals surface area contributed by atoms with Crippen molar-refractivity contribution in [2.75, 3.05) is 5.73 Å². The van der Waals surface area contributed by atoms with E-state index in [9.17, 15) is 4.79 Å². The molecule has 1 heterocycles. The van der Waals surface area contributed by atoms with Crippen LogP contribution in [0.5, 0.6) is 5.75 Å². The summed E-state index contributed by atoms with van der Waals surface area (Å²) >= 11 is 4.19. The second-order valence-corrected chi connectivity index (χ2v) is 4.50. The first-order chi connectivity index (χ1) is 7.66. The van der Waals surface area contributed by atoms with E-state index in [-0.39, 0.29) is 10.7 Å². The Kier molecular flexibility index (Phi) is 3.16. The van der Waals surface area contributed by atoms with Crippen LogP contribution < -0.4 is 10.5 Å². The van der Waals surface area contributed by atoms with Gasteiger partial charge in [-0.2, -0.15) is 0 Å². The molecule has 0 aliphatic rings. The van der Waals surface area contributed by atoms with Crippen LogP contribution in [0.2, 0.25) is 0 Å². The zero-order valence-corrected chi connectivity index (χ0v) is 10.3. The number of nitrogens with two attached hydrogens (primary N) is 1. The number of aromatic nitrogens is 2. The van der Waals surface area contributed by atoms with Crippen molar-refractivity contribution in [1.29, 1.82) is 0 Å². The zero-order valence-electron chi connectivity index (χ0n) is 7.88. The number of benzene rings is 1. The topological polar surface area (TPSA) is 78.1 Å². The summed E-state index contributed by atoms with van der Waals surface area (Å²) in [6.45, 7) is 0. The minimum absolute atomic E-state index is 0.0899. The second kappa shape index (κ2) is 4.58. The predicted molar refractivity (Wildman–Crippen MR) is 63.4 cm³/mol. The van der Waals surface area contributed by atoms with Crippen LogP contribution in [-0.2, 0) is 0 Å². The standard InChI is InChI=1S/C9H6BrN3O2S/c10-5-1-3-6(4-2-5)15-9(14)7-8(11)12-13-16-7/h1-4H,11H2. The van der Waals surface area contributed by atoms with Crippen molar-refractivity contribution in [3.63, 3.8) is 0 Å². The van der Waals surface area contributed by atoms with Crippen LogP contribution in [-0.4, -0.2) is 15.6 Å². The molecule has 0 aliphatic carbocycles. The zero-order chi connectivity index (χ0) is 11.5. The van der Waals surface area contributed by atoms with Crippen molar-refractivity contribution in [1.82, 2.24) is 9.59 Å². The lowest BCUT2D eigenvalue weighted by atomic mass is 10.3. The third kappa shape index (κ3) is 2.37. The molecule has 5 nitrogen and oxygen atoms in total. The Labute approximate surface area is 104 Å². The highest BCUT2D eigenvalue weighted by Gasteiger charge is 2.16. The van der Waals surface area contributed by atoms with Crippen LogP contribution in [0.15, 0.2) is 28.7 Å². The summed E-state index contributed by atoms with van der Waals surface area (Å²) in [6.07, 6.45) is 0. The molecule has 1 aromatic heterocycles. The number of nitrogens with zero attached hydrogens (tertiary/aromatic N) is 2. The van der Waals surface area contributed by atoms with Gasteiger partial charge in [-0.25, -0.2) is 4.79 Å². The van der Waals surface area contributed by atoms with Crippen molar-refractivity contribution in [2.45, 2.75) is 0 Å². The van der Waals surface area contributed by atoms with Gasteiger partial charge in [0.05, 0.1) is 0 Å². The molecule has 0 amide bonds. The van der Waals surface area contributed by atoms with Crippen molar-refractivity contribution in [2.24, 2.45) is 0 Å². The van der Waals surface area contributed by atoms with Crippen molar-refractivity contribution < 1.29 is 9.53 Å². The smallest absolute Gasteiger partial charge is 0.359 e. The van der Waals surface area contributed by atoms with E-state index in [1.807, 2.05) is 0 Å². The highest BCUT2D eigenvalue weighted by molar-refractivity contribution is 9.10. The number of carbonyl (C=O) groups excluding carboxylic acids is 1. The lowest BCUT2D eigenvalue weighted by molar-refractivity contribution is 0.0740. The summed E-state index contributed by atoms with van der Waals surface area (Å²) in [5.74, 6) is -0.0112. The Hall–Kier alpha value is -1.47. The number of hydrogen-bond acceptors (Lipinski definition) is 6. The molecule has 16 heavy (non-hydrogen) atoms. The van der Waals surface area contributed by atoms with Crippen molar-refractivity contribution >= 4 is 39.2 Å². The number of hydrogen-bond donors (Lipinski definition) is 1. The Morgan fingerprint density at radius 1 is 1.38 bits per heavy atom. The van der Waals surface area contributed by atoms with Gasteiger partial charge in [-0.15, -0.1) is 5.10 Å². The van der Waals surface area contributed by atoms with Crippen LogP contribution >= 0.6 is 27.5 Å². The van der Waals surface area contributed by atoms with Gasteiger partial charge in [-0.05, 0) is 35.8 Å². The average Bonchev–Trinajstić information content (AvgIpc) is 2.68. The van der Waals surface area contributed by atoms with Crippen LogP contribution in [0.25, 0.3) is 0 Å². The normalized spacial score (nSPS) is 10.1. The SMILES string of the molecule is Nc1nnsc1C(=O)Oc1ccc(Br)cc1. The highest BCUT2D eigenvalue weighted by atomic mass is 79.9.